The van der Waals surface area contributed by atoms with E-state index in [-0.39, 0.29) is 11.9 Å². The van der Waals surface area contributed by atoms with Gasteiger partial charge in [0.2, 0.25) is 0 Å². The van der Waals surface area contributed by atoms with Crippen molar-refractivity contribution < 1.29 is 4.39 Å². The molecule has 2 aromatic carbocycles. The lowest BCUT2D eigenvalue weighted by Gasteiger charge is -2.17. The lowest BCUT2D eigenvalue weighted by atomic mass is 9.99. The molecule has 0 amide bonds. The van der Waals surface area contributed by atoms with Crippen LogP contribution in [0.1, 0.15) is 17.2 Å². The number of halogens is 2. The largest absolute Gasteiger partial charge is 0.309 e. The third kappa shape index (κ3) is 2.84. The molecule has 0 bridgehead atoms. The van der Waals surface area contributed by atoms with E-state index in [1.165, 1.54) is 12.1 Å². The van der Waals surface area contributed by atoms with E-state index < -0.39 is 0 Å². The van der Waals surface area contributed by atoms with E-state index in [0.717, 1.165) is 11.1 Å². The van der Waals surface area contributed by atoms with Crippen molar-refractivity contribution in [3.8, 4) is 0 Å². The van der Waals surface area contributed by atoms with Crippen LogP contribution in [-0.4, -0.2) is 7.05 Å². The minimum Gasteiger partial charge on any atom is -0.309 e. The zero-order valence-corrected chi connectivity index (χ0v) is 10.2. The summed E-state index contributed by atoms with van der Waals surface area (Å²) >= 11 is 5.86. The molecular formula is C14H13ClFN. The second-order valence-corrected chi connectivity index (χ2v) is 4.26. The standard InChI is InChI=1S/C14H13ClFN/c1-17-14(10-2-6-12(15)7-3-10)11-4-8-13(16)9-5-11/h2-9,14,17H,1H3/t14-/m1/s1. The van der Waals surface area contributed by atoms with Crippen LogP contribution in [-0.2, 0) is 0 Å². The molecule has 0 aliphatic heterocycles. The van der Waals surface area contributed by atoms with E-state index in [0.29, 0.717) is 5.02 Å². The molecule has 2 aromatic rings. The summed E-state index contributed by atoms with van der Waals surface area (Å²) in [7, 11) is 1.88. The second-order valence-electron chi connectivity index (χ2n) is 3.82. The van der Waals surface area contributed by atoms with Crippen LogP contribution in [0, 0.1) is 5.82 Å². The number of rotatable bonds is 3. The number of hydrogen-bond acceptors (Lipinski definition) is 1. The minimum atomic E-state index is -0.222. The maximum atomic E-state index is 12.9. The highest BCUT2D eigenvalue weighted by Gasteiger charge is 2.11. The van der Waals surface area contributed by atoms with Gasteiger partial charge in [0.1, 0.15) is 5.82 Å². The van der Waals surface area contributed by atoms with Crippen LogP contribution in [0.3, 0.4) is 0 Å². The van der Waals surface area contributed by atoms with Crippen LogP contribution in [0.2, 0.25) is 5.02 Å². The molecule has 1 nitrogen and oxygen atoms in total. The molecule has 2 rings (SSSR count). The van der Waals surface area contributed by atoms with Crippen LogP contribution in [0.5, 0.6) is 0 Å². The zero-order valence-electron chi connectivity index (χ0n) is 9.45. The third-order valence-corrected chi connectivity index (χ3v) is 2.95. The summed E-state index contributed by atoms with van der Waals surface area (Å²) in [6, 6.07) is 14.2. The Kier molecular flexibility index (Phi) is 3.77. The molecule has 88 valence electrons. The quantitative estimate of drug-likeness (QED) is 0.873. The van der Waals surface area contributed by atoms with E-state index in [2.05, 4.69) is 5.32 Å². The Hall–Kier alpha value is -1.38. The topological polar surface area (TPSA) is 12.0 Å². The Bertz CT molecular complexity index is 433. The van der Waals surface area contributed by atoms with Gasteiger partial charge >= 0.3 is 0 Å². The van der Waals surface area contributed by atoms with Crippen molar-refractivity contribution in [2.75, 3.05) is 7.05 Å². The average Bonchev–Trinajstić information content (AvgIpc) is 2.35. The zero-order chi connectivity index (χ0) is 12.3. The van der Waals surface area contributed by atoms with Gasteiger partial charge < -0.3 is 5.32 Å². The van der Waals surface area contributed by atoms with Crippen molar-refractivity contribution in [3.05, 3.63) is 70.5 Å². The first kappa shape index (κ1) is 12.1. The molecule has 0 saturated heterocycles. The Labute approximate surface area is 105 Å². The lowest BCUT2D eigenvalue weighted by Crippen LogP contribution is -2.17. The monoisotopic (exact) mass is 249 g/mol. The third-order valence-electron chi connectivity index (χ3n) is 2.70. The normalized spacial score (nSPS) is 12.4. The molecule has 0 fully saturated rings. The molecule has 0 aromatic heterocycles. The van der Waals surface area contributed by atoms with Crippen LogP contribution in [0.4, 0.5) is 4.39 Å². The van der Waals surface area contributed by atoms with E-state index >= 15 is 0 Å². The lowest BCUT2D eigenvalue weighted by molar-refractivity contribution is 0.623. The summed E-state index contributed by atoms with van der Waals surface area (Å²) < 4.78 is 12.9. The summed E-state index contributed by atoms with van der Waals surface area (Å²) in [6.07, 6.45) is 0. The van der Waals surface area contributed by atoms with Crippen LogP contribution < -0.4 is 5.32 Å². The predicted octanol–water partition coefficient (Wildman–Crippen LogP) is 3.79. The highest BCUT2D eigenvalue weighted by atomic mass is 35.5. The van der Waals surface area contributed by atoms with Crippen molar-refractivity contribution >= 4 is 11.6 Å². The summed E-state index contributed by atoms with van der Waals surface area (Å²) in [6.45, 7) is 0. The van der Waals surface area contributed by atoms with Gasteiger partial charge in [0.15, 0.2) is 0 Å². The maximum Gasteiger partial charge on any atom is 0.123 e. The van der Waals surface area contributed by atoms with E-state index in [4.69, 9.17) is 11.6 Å². The van der Waals surface area contributed by atoms with Gasteiger partial charge in [-0.25, -0.2) is 4.39 Å². The Balaban J connectivity index is 2.33. The first-order valence-corrected chi connectivity index (χ1v) is 5.76. The van der Waals surface area contributed by atoms with Crippen LogP contribution in [0.15, 0.2) is 48.5 Å². The van der Waals surface area contributed by atoms with Crippen LogP contribution >= 0.6 is 11.6 Å². The molecular weight excluding hydrogens is 237 g/mol. The van der Waals surface area contributed by atoms with Gasteiger partial charge in [0.25, 0.3) is 0 Å². The Morgan fingerprint density at radius 1 is 0.941 bits per heavy atom. The van der Waals surface area contributed by atoms with Gasteiger partial charge in [-0.3, -0.25) is 0 Å². The first-order valence-electron chi connectivity index (χ1n) is 5.39. The molecule has 1 atom stereocenters. The van der Waals surface area contributed by atoms with Gasteiger partial charge in [-0.2, -0.15) is 0 Å². The fourth-order valence-corrected chi connectivity index (χ4v) is 1.96. The number of nitrogens with one attached hydrogen (secondary N) is 1. The van der Waals surface area contributed by atoms with Gasteiger partial charge in [-0.15, -0.1) is 0 Å². The van der Waals surface area contributed by atoms with Gasteiger partial charge in [0, 0.05) is 5.02 Å². The summed E-state index contributed by atoms with van der Waals surface area (Å²) in [5.74, 6) is -0.222. The van der Waals surface area contributed by atoms with Crippen molar-refractivity contribution in [2.24, 2.45) is 0 Å². The highest BCUT2D eigenvalue weighted by molar-refractivity contribution is 6.30. The Morgan fingerprint density at radius 2 is 1.41 bits per heavy atom. The Morgan fingerprint density at radius 3 is 1.88 bits per heavy atom. The molecule has 17 heavy (non-hydrogen) atoms. The van der Waals surface area contributed by atoms with Crippen molar-refractivity contribution in [1.82, 2.24) is 5.32 Å². The molecule has 0 unspecified atom stereocenters. The first-order chi connectivity index (χ1) is 8.20. The van der Waals surface area contributed by atoms with E-state index in [1.54, 1.807) is 12.1 Å². The molecule has 0 radical (unpaired) electrons. The SMILES string of the molecule is CN[C@@H](c1ccc(F)cc1)c1ccc(Cl)cc1. The number of benzene rings is 2. The van der Waals surface area contributed by atoms with Crippen molar-refractivity contribution in [2.45, 2.75) is 6.04 Å². The summed E-state index contributed by atoms with van der Waals surface area (Å²) in [5, 5.41) is 3.92. The molecule has 0 heterocycles. The van der Waals surface area contributed by atoms with Crippen molar-refractivity contribution in [1.29, 1.82) is 0 Å². The minimum absolute atomic E-state index is 0.0490. The fourth-order valence-electron chi connectivity index (χ4n) is 1.84. The average molecular weight is 250 g/mol. The van der Waals surface area contributed by atoms with Gasteiger partial charge in [-0.1, -0.05) is 35.9 Å². The summed E-state index contributed by atoms with van der Waals surface area (Å²) in [5.41, 5.74) is 2.12. The van der Waals surface area contributed by atoms with E-state index in [9.17, 15) is 4.39 Å². The molecule has 1 N–H and O–H groups in total. The van der Waals surface area contributed by atoms with Gasteiger partial charge in [0.05, 0.1) is 6.04 Å². The maximum absolute atomic E-state index is 12.9. The van der Waals surface area contributed by atoms with Gasteiger partial charge in [-0.05, 0) is 42.4 Å². The fraction of sp³-hybridized carbons (Fsp3) is 0.143. The molecule has 0 saturated carbocycles. The molecule has 3 heteroatoms. The second kappa shape index (κ2) is 5.30. The van der Waals surface area contributed by atoms with Crippen LogP contribution in [0.25, 0.3) is 0 Å². The smallest absolute Gasteiger partial charge is 0.123 e. The summed E-state index contributed by atoms with van der Waals surface area (Å²) in [4.78, 5) is 0. The molecule has 0 aliphatic rings. The molecule has 0 aliphatic carbocycles. The predicted molar refractivity (Wildman–Crippen MR) is 68.8 cm³/mol. The molecule has 0 spiro atoms. The van der Waals surface area contributed by atoms with E-state index in [1.807, 2.05) is 31.3 Å². The van der Waals surface area contributed by atoms with Crippen molar-refractivity contribution in [3.63, 3.8) is 0 Å². The highest BCUT2D eigenvalue weighted by Crippen LogP contribution is 2.23. The number of hydrogen-bond donors (Lipinski definition) is 1.